The van der Waals surface area contributed by atoms with Gasteiger partial charge in [0.25, 0.3) is 11.8 Å². The highest BCUT2D eigenvalue weighted by Crippen LogP contribution is 2.25. The van der Waals surface area contributed by atoms with Gasteiger partial charge in [0.15, 0.2) is 5.82 Å². The minimum Gasteiger partial charge on any atom is -0.350 e. The molecular weight excluding hydrogens is 382 g/mol. The highest BCUT2D eigenvalue weighted by atomic mass is 16.2. The minimum absolute atomic E-state index is 0.0542. The fraction of sp³-hybridized carbons (Fsp3) is 0.429. The van der Waals surface area contributed by atoms with E-state index < -0.39 is 0 Å². The van der Waals surface area contributed by atoms with Gasteiger partial charge in [-0.1, -0.05) is 0 Å². The van der Waals surface area contributed by atoms with Gasteiger partial charge in [-0.2, -0.15) is 5.10 Å². The number of carbonyl (C=O) groups is 2. The van der Waals surface area contributed by atoms with E-state index in [9.17, 15) is 9.59 Å². The Kier molecular flexibility index (Phi) is 5.54. The Labute approximate surface area is 174 Å². The van der Waals surface area contributed by atoms with E-state index in [1.165, 1.54) is 0 Å². The maximum atomic E-state index is 13.0. The number of fused-ring (bicyclic) bond motifs is 1. The summed E-state index contributed by atoms with van der Waals surface area (Å²) in [5.41, 5.74) is 3.62. The van der Waals surface area contributed by atoms with Crippen molar-refractivity contribution >= 4 is 22.8 Å². The second-order valence-corrected chi connectivity index (χ2v) is 8.02. The number of piperidine rings is 1. The fourth-order valence-electron chi connectivity index (χ4n) is 3.71. The third-order valence-corrected chi connectivity index (χ3v) is 5.24. The predicted octanol–water partition coefficient (Wildman–Crippen LogP) is 1.88. The monoisotopic (exact) mass is 409 g/mol. The number of nitrogens with zero attached hydrogens (tertiary/aromatic N) is 2. The minimum atomic E-state index is -0.152. The lowest BCUT2D eigenvalue weighted by molar-refractivity contribution is 0.0925. The average molecular weight is 409 g/mol. The molecule has 3 aromatic rings. The van der Waals surface area contributed by atoms with Crippen molar-refractivity contribution < 1.29 is 9.59 Å². The van der Waals surface area contributed by atoms with Crippen molar-refractivity contribution in [2.45, 2.75) is 45.7 Å². The van der Waals surface area contributed by atoms with Crippen molar-refractivity contribution in [3.05, 3.63) is 35.0 Å². The topological polar surface area (TPSA) is 128 Å². The molecule has 0 atom stereocenters. The van der Waals surface area contributed by atoms with Crippen LogP contribution in [0.2, 0.25) is 0 Å². The molecule has 2 aromatic heterocycles. The maximum Gasteiger partial charge on any atom is 0.255 e. The number of aryl methyl sites for hydroxylation is 1. The van der Waals surface area contributed by atoms with Gasteiger partial charge < -0.3 is 20.9 Å². The van der Waals surface area contributed by atoms with Crippen LogP contribution in [0.3, 0.4) is 0 Å². The highest BCUT2D eigenvalue weighted by molar-refractivity contribution is 6.01. The lowest BCUT2D eigenvalue weighted by atomic mass is 10.1. The maximum absolute atomic E-state index is 13.0. The van der Waals surface area contributed by atoms with E-state index in [4.69, 9.17) is 0 Å². The molecular formula is C21H27N7O2. The Morgan fingerprint density at radius 1 is 1.17 bits per heavy atom. The molecule has 9 heteroatoms. The molecule has 0 bridgehead atoms. The van der Waals surface area contributed by atoms with Gasteiger partial charge in [0.1, 0.15) is 5.69 Å². The van der Waals surface area contributed by atoms with Gasteiger partial charge in [-0.05, 0) is 64.9 Å². The van der Waals surface area contributed by atoms with Gasteiger partial charge in [0.2, 0.25) is 0 Å². The lowest BCUT2D eigenvalue weighted by Gasteiger charge is -2.23. The van der Waals surface area contributed by atoms with Gasteiger partial charge in [-0.3, -0.25) is 14.7 Å². The zero-order valence-corrected chi connectivity index (χ0v) is 17.4. The smallest absolute Gasteiger partial charge is 0.255 e. The van der Waals surface area contributed by atoms with E-state index in [0.29, 0.717) is 39.4 Å². The number of imidazole rings is 1. The number of nitrogens with one attached hydrogen (secondary N) is 5. The van der Waals surface area contributed by atoms with Crippen LogP contribution >= 0.6 is 0 Å². The van der Waals surface area contributed by atoms with Crippen LogP contribution in [0, 0.1) is 6.92 Å². The number of amides is 2. The first-order valence-electron chi connectivity index (χ1n) is 10.3. The van der Waals surface area contributed by atoms with E-state index in [1.54, 1.807) is 18.2 Å². The summed E-state index contributed by atoms with van der Waals surface area (Å²) in [4.78, 5) is 33.1. The molecule has 0 unspecified atom stereocenters. The largest absolute Gasteiger partial charge is 0.350 e. The summed E-state index contributed by atoms with van der Waals surface area (Å²) in [5, 5.41) is 16.5. The molecule has 4 rings (SSSR count). The van der Waals surface area contributed by atoms with Gasteiger partial charge in [0.05, 0.1) is 16.6 Å². The lowest BCUT2D eigenvalue weighted by Crippen LogP contribution is -2.42. The van der Waals surface area contributed by atoms with Crippen molar-refractivity contribution in [3.8, 4) is 11.5 Å². The molecule has 158 valence electrons. The van der Waals surface area contributed by atoms with Crippen LogP contribution in [-0.4, -0.2) is 57.2 Å². The Morgan fingerprint density at radius 3 is 2.67 bits per heavy atom. The number of aromatic amines is 2. The first kappa shape index (κ1) is 20.1. The summed E-state index contributed by atoms with van der Waals surface area (Å²) in [7, 11) is 0. The normalized spacial score (nSPS) is 14.9. The van der Waals surface area contributed by atoms with E-state index in [-0.39, 0.29) is 23.9 Å². The van der Waals surface area contributed by atoms with Crippen molar-refractivity contribution in [1.82, 2.24) is 36.1 Å². The van der Waals surface area contributed by atoms with Gasteiger partial charge in [-0.15, -0.1) is 0 Å². The Balaban J connectivity index is 1.62. The van der Waals surface area contributed by atoms with Crippen LogP contribution < -0.4 is 16.0 Å². The van der Waals surface area contributed by atoms with Crippen molar-refractivity contribution in [2.75, 3.05) is 13.1 Å². The Bertz CT molecular complexity index is 1080. The molecule has 1 saturated heterocycles. The number of H-pyrrole nitrogens is 2. The number of hydrogen-bond acceptors (Lipinski definition) is 5. The molecule has 9 nitrogen and oxygen atoms in total. The van der Waals surface area contributed by atoms with Crippen LogP contribution in [-0.2, 0) is 0 Å². The van der Waals surface area contributed by atoms with E-state index in [1.807, 2.05) is 20.8 Å². The second-order valence-electron chi connectivity index (χ2n) is 8.02. The summed E-state index contributed by atoms with van der Waals surface area (Å²) in [6.07, 6.45) is 1.81. The van der Waals surface area contributed by atoms with Crippen molar-refractivity contribution in [1.29, 1.82) is 0 Å². The van der Waals surface area contributed by atoms with E-state index >= 15 is 0 Å². The molecule has 1 aromatic carbocycles. The van der Waals surface area contributed by atoms with Crippen LogP contribution in [0.15, 0.2) is 18.2 Å². The van der Waals surface area contributed by atoms with Gasteiger partial charge in [-0.25, -0.2) is 4.98 Å². The first-order valence-corrected chi connectivity index (χ1v) is 10.3. The number of carbonyl (C=O) groups excluding carboxylic acids is 2. The molecule has 0 saturated carbocycles. The van der Waals surface area contributed by atoms with E-state index in [2.05, 4.69) is 36.1 Å². The van der Waals surface area contributed by atoms with E-state index in [0.717, 1.165) is 25.9 Å². The summed E-state index contributed by atoms with van der Waals surface area (Å²) in [6, 6.07) is 5.50. The fourth-order valence-corrected chi connectivity index (χ4v) is 3.71. The summed E-state index contributed by atoms with van der Waals surface area (Å²) >= 11 is 0. The second kappa shape index (κ2) is 8.27. The number of aromatic nitrogens is 4. The molecule has 5 N–H and O–H groups in total. The molecule has 1 fully saturated rings. The quantitative estimate of drug-likeness (QED) is 0.440. The summed E-state index contributed by atoms with van der Waals surface area (Å²) in [5.74, 6) is 0.201. The molecule has 2 amide bonds. The number of benzene rings is 1. The molecule has 0 radical (unpaired) electrons. The predicted molar refractivity (Wildman–Crippen MR) is 114 cm³/mol. The summed E-state index contributed by atoms with van der Waals surface area (Å²) < 4.78 is 0. The average Bonchev–Trinajstić information content (AvgIpc) is 3.30. The third-order valence-electron chi connectivity index (χ3n) is 5.24. The highest BCUT2D eigenvalue weighted by Gasteiger charge is 2.24. The summed E-state index contributed by atoms with van der Waals surface area (Å²) in [6.45, 7) is 7.46. The molecule has 1 aliphatic rings. The molecule has 3 heterocycles. The molecule has 0 aliphatic carbocycles. The molecule has 0 spiro atoms. The van der Waals surface area contributed by atoms with Crippen LogP contribution in [0.4, 0.5) is 0 Å². The third kappa shape index (κ3) is 4.06. The van der Waals surface area contributed by atoms with Crippen LogP contribution in [0.5, 0.6) is 0 Å². The van der Waals surface area contributed by atoms with Gasteiger partial charge >= 0.3 is 0 Å². The van der Waals surface area contributed by atoms with Crippen molar-refractivity contribution in [2.24, 2.45) is 0 Å². The zero-order valence-electron chi connectivity index (χ0n) is 17.4. The number of hydrogen-bond donors (Lipinski definition) is 5. The molecule has 30 heavy (non-hydrogen) atoms. The zero-order chi connectivity index (χ0) is 21.3. The standard InChI is InChI=1S/C21H27N7O2/c1-11(2)23-20(29)13-4-5-15-16(10-13)26-19(25-15)18-17(12(3)27-28-18)21(30)24-14-6-8-22-9-7-14/h4-5,10-11,14,22H,6-9H2,1-3H3,(H,23,29)(H,24,30)(H,25,26)(H,27,28). The number of rotatable bonds is 5. The van der Waals surface area contributed by atoms with Crippen LogP contribution in [0.25, 0.3) is 22.6 Å². The Hall–Kier alpha value is -3.20. The first-order chi connectivity index (χ1) is 14.4. The van der Waals surface area contributed by atoms with Gasteiger partial charge in [0, 0.05) is 23.3 Å². The molecule has 1 aliphatic heterocycles. The SMILES string of the molecule is Cc1[nH]nc(-c2nc3ccc(C(=O)NC(C)C)cc3[nH]2)c1C(=O)NC1CCNCC1. The van der Waals surface area contributed by atoms with Crippen molar-refractivity contribution in [3.63, 3.8) is 0 Å². The van der Waals surface area contributed by atoms with Crippen LogP contribution in [0.1, 0.15) is 53.1 Å². The Morgan fingerprint density at radius 2 is 1.93 bits per heavy atom.